The monoisotopic (exact) mass is 485 g/mol. The van der Waals surface area contributed by atoms with Crippen molar-refractivity contribution >= 4 is 22.8 Å². The van der Waals surface area contributed by atoms with E-state index in [4.69, 9.17) is 5.26 Å². The van der Waals surface area contributed by atoms with Gasteiger partial charge >= 0.3 is 0 Å². The molecule has 1 aromatic carbocycles. The van der Waals surface area contributed by atoms with Crippen LogP contribution < -0.4 is 15.5 Å². The number of hydrogen-bond acceptors (Lipinski definition) is 6. The van der Waals surface area contributed by atoms with Crippen molar-refractivity contribution in [2.24, 2.45) is 11.8 Å². The van der Waals surface area contributed by atoms with Crippen LogP contribution in [0.15, 0.2) is 48.8 Å². The Bertz CT molecular complexity index is 1230. The first-order valence-electron chi connectivity index (χ1n) is 13.0. The van der Waals surface area contributed by atoms with E-state index in [0.29, 0.717) is 6.04 Å². The predicted octanol–water partition coefficient (Wildman–Crippen LogP) is 3.61. The number of anilines is 2. The zero-order chi connectivity index (χ0) is 25.1. The van der Waals surface area contributed by atoms with Crippen LogP contribution in [0.25, 0.3) is 16.6 Å². The van der Waals surface area contributed by atoms with Crippen molar-refractivity contribution in [2.45, 2.75) is 32.7 Å². The summed E-state index contributed by atoms with van der Waals surface area (Å²) in [5.74, 6) is 0.328. The van der Waals surface area contributed by atoms with Crippen molar-refractivity contribution in [2.75, 3.05) is 49.5 Å². The summed E-state index contributed by atoms with van der Waals surface area (Å²) in [5.41, 5.74) is 5.62. The molecule has 1 aliphatic heterocycles. The largest absolute Gasteiger partial charge is 0.384 e. The summed E-state index contributed by atoms with van der Waals surface area (Å²) in [4.78, 5) is 17.1. The molecule has 5 rings (SSSR count). The molecule has 2 aromatic heterocycles. The SMILES string of the molecule is CC(C)NCCNc1ccc(-c2cc3c(N4CCN(C(=O)[C@H]5C[C@H](C#N)C5)CC4)ccnn3c2)cc1. The molecule has 3 heterocycles. The van der Waals surface area contributed by atoms with Gasteiger partial charge in [-0.2, -0.15) is 10.4 Å². The van der Waals surface area contributed by atoms with E-state index in [0.717, 1.165) is 80.1 Å². The number of piperazine rings is 1. The highest BCUT2D eigenvalue weighted by Gasteiger charge is 2.37. The van der Waals surface area contributed by atoms with Crippen molar-refractivity contribution in [3.8, 4) is 17.2 Å². The molecule has 0 atom stereocenters. The quantitative estimate of drug-likeness (QED) is 0.474. The van der Waals surface area contributed by atoms with Gasteiger partial charge in [-0.1, -0.05) is 26.0 Å². The Balaban J connectivity index is 1.23. The lowest BCUT2D eigenvalue weighted by Gasteiger charge is -2.40. The zero-order valence-corrected chi connectivity index (χ0v) is 21.2. The number of benzene rings is 1. The molecule has 2 N–H and O–H groups in total. The highest BCUT2D eigenvalue weighted by atomic mass is 16.2. The maximum atomic E-state index is 12.8. The average molecular weight is 486 g/mol. The minimum absolute atomic E-state index is 0.0420. The van der Waals surface area contributed by atoms with E-state index in [1.54, 1.807) is 0 Å². The third-order valence-electron chi connectivity index (χ3n) is 7.31. The first-order valence-corrected chi connectivity index (χ1v) is 13.0. The Hall–Kier alpha value is -3.57. The van der Waals surface area contributed by atoms with Crippen LogP contribution in [0.1, 0.15) is 26.7 Å². The number of fused-ring (bicyclic) bond motifs is 1. The Morgan fingerprint density at radius 3 is 2.53 bits per heavy atom. The van der Waals surface area contributed by atoms with Gasteiger partial charge in [0.2, 0.25) is 5.91 Å². The zero-order valence-electron chi connectivity index (χ0n) is 21.2. The van der Waals surface area contributed by atoms with Crippen molar-refractivity contribution in [1.82, 2.24) is 19.8 Å². The molecule has 0 unspecified atom stereocenters. The van der Waals surface area contributed by atoms with E-state index in [1.165, 1.54) is 0 Å². The van der Waals surface area contributed by atoms with E-state index < -0.39 is 0 Å². The highest BCUT2D eigenvalue weighted by molar-refractivity contribution is 5.82. The number of nitrogens with zero attached hydrogens (tertiary/aromatic N) is 5. The first kappa shape index (κ1) is 24.1. The molecule has 8 heteroatoms. The molecule has 1 saturated carbocycles. The molecule has 1 saturated heterocycles. The van der Waals surface area contributed by atoms with E-state index >= 15 is 0 Å². The fraction of sp³-hybridized carbons (Fsp3) is 0.464. The van der Waals surface area contributed by atoms with E-state index in [2.05, 4.69) is 83.1 Å². The number of amides is 1. The third-order valence-corrected chi connectivity index (χ3v) is 7.31. The topological polar surface area (TPSA) is 88.7 Å². The van der Waals surface area contributed by atoms with Gasteiger partial charge in [0, 0.05) is 80.8 Å². The highest BCUT2D eigenvalue weighted by Crippen LogP contribution is 2.35. The van der Waals surface area contributed by atoms with Crippen LogP contribution in [0, 0.1) is 23.2 Å². The first-order chi connectivity index (χ1) is 17.5. The molecule has 188 valence electrons. The average Bonchev–Trinajstić information content (AvgIpc) is 3.31. The second kappa shape index (κ2) is 10.6. The van der Waals surface area contributed by atoms with Crippen LogP contribution >= 0.6 is 0 Å². The maximum Gasteiger partial charge on any atom is 0.225 e. The number of carbonyl (C=O) groups is 1. The summed E-state index contributed by atoms with van der Waals surface area (Å²) in [5, 5.41) is 20.4. The maximum absolute atomic E-state index is 12.8. The van der Waals surface area contributed by atoms with Gasteiger partial charge in [-0.25, -0.2) is 4.52 Å². The molecule has 0 bridgehead atoms. The molecular formula is C28H35N7O. The normalized spacial score (nSPS) is 19.8. The van der Waals surface area contributed by atoms with E-state index in [1.807, 2.05) is 15.6 Å². The molecule has 0 spiro atoms. The Kier molecular flexibility index (Phi) is 7.10. The molecule has 1 amide bonds. The van der Waals surface area contributed by atoms with Gasteiger partial charge in [0.15, 0.2) is 0 Å². The molecule has 2 fully saturated rings. The van der Waals surface area contributed by atoms with Crippen LogP contribution in [0.5, 0.6) is 0 Å². The third kappa shape index (κ3) is 5.17. The van der Waals surface area contributed by atoms with Crippen LogP contribution in [0.3, 0.4) is 0 Å². The van der Waals surface area contributed by atoms with Crippen LogP contribution in [-0.4, -0.2) is 65.7 Å². The van der Waals surface area contributed by atoms with Gasteiger partial charge in [0.25, 0.3) is 0 Å². The van der Waals surface area contributed by atoms with Crippen LogP contribution in [0.4, 0.5) is 11.4 Å². The molecule has 1 aliphatic carbocycles. The van der Waals surface area contributed by atoms with Crippen molar-refractivity contribution in [3.63, 3.8) is 0 Å². The molecular weight excluding hydrogens is 450 g/mol. The fourth-order valence-corrected chi connectivity index (χ4v) is 5.12. The summed E-state index contributed by atoms with van der Waals surface area (Å²) in [6.07, 6.45) is 5.37. The van der Waals surface area contributed by atoms with Crippen molar-refractivity contribution < 1.29 is 4.79 Å². The number of rotatable bonds is 8. The van der Waals surface area contributed by atoms with Gasteiger partial charge in [-0.05, 0) is 42.7 Å². The van der Waals surface area contributed by atoms with Gasteiger partial charge in [-0.15, -0.1) is 0 Å². The summed E-state index contributed by atoms with van der Waals surface area (Å²) < 4.78 is 1.95. The Morgan fingerprint density at radius 2 is 1.83 bits per heavy atom. The number of aromatic nitrogens is 2. The van der Waals surface area contributed by atoms with Gasteiger partial charge in [0.1, 0.15) is 0 Å². The van der Waals surface area contributed by atoms with Crippen molar-refractivity contribution in [1.29, 1.82) is 5.26 Å². The predicted molar refractivity (Wildman–Crippen MR) is 143 cm³/mol. The fourth-order valence-electron chi connectivity index (χ4n) is 5.12. The standard InChI is InChI=1S/C28H35N7O/c1-20(2)30-9-10-31-25-5-3-22(4-6-25)24-17-27-26(7-8-32-35(27)19-24)33-11-13-34(14-12-33)28(36)23-15-21(16-23)18-29/h3-8,17,19-21,23,30-31H,9-16H2,1-2H3/t21-,23-. The Morgan fingerprint density at radius 1 is 1.08 bits per heavy atom. The molecule has 36 heavy (non-hydrogen) atoms. The number of nitriles is 1. The number of nitrogens with one attached hydrogen (secondary N) is 2. The van der Waals surface area contributed by atoms with Gasteiger partial charge < -0.3 is 20.4 Å². The van der Waals surface area contributed by atoms with E-state index in [9.17, 15) is 4.79 Å². The van der Waals surface area contributed by atoms with Crippen molar-refractivity contribution in [3.05, 3.63) is 48.8 Å². The molecule has 2 aliphatic rings. The lowest BCUT2D eigenvalue weighted by atomic mass is 9.75. The van der Waals surface area contributed by atoms with Gasteiger partial charge in [0.05, 0.1) is 17.3 Å². The Labute approximate surface area is 212 Å². The van der Waals surface area contributed by atoms with Crippen LogP contribution in [0.2, 0.25) is 0 Å². The minimum atomic E-state index is 0.0420. The lowest BCUT2D eigenvalue weighted by Crippen LogP contribution is -2.52. The second-order valence-electron chi connectivity index (χ2n) is 10.2. The summed E-state index contributed by atoms with van der Waals surface area (Å²) >= 11 is 0. The summed E-state index contributed by atoms with van der Waals surface area (Å²) in [6, 6.07) is 15.6. The molecule has 3 aromatic rings. The second-order valence-corrected chi connectivity index (χ2v) is 10.2. The lowest BCUT2D eigenvalue weighted by molar-refractivity contribution is -0.139. The molecule has 0 radical (unpaired) electrons. The number of hydrogen-bond donors (Lipinski definition) is 2. The minimum Gasteiger partial charge on any atom is -0.384 e. The summed E-state index contributed by atoms with van der Waals surface area (Å²) in [7, 11) is 0. The molecule has 8 nitrogen and oxygen atoms in total. The summed E-state index contributed by atoms with van der Waals surface area (Å²) in [6.45, 7) is 9.16. The van der Waals surface area contributed by atoms with E-state index in [-0.39, 0.29) is 17.7 Å². The number of carbonyl (C=O) groups excluding carboxylic acids is 1. The van der Waals surface area contributed by atoms with Crippen LogP contribution in [-0.2, 0) is 4.79 Å². The van der Waals surface area contributed by atoms with Gasteiger partial charge in [-0.3, -0.25) is 4.79 Å². The smallest absolute Gasteiger partial charge is 0.225 e.